The zero-order chi connectivity index (χ0) is 12.4. The maximum absolute atomic E-state index is 4.48. The Kier molecular flexibility index (Phi) is 3.50. The minimum absolute atomic E-state index is 0.828. The van der Waals surface area contributed by atoms with Crippen LogP contribution in [0.5, 0.6) is 0 Å². The lowest BCUT2D eigenvalue weighted by Crippen LogP contribution is -2.12. The first-order valence-electron chi connectivity index (χ1n) is 6.62. The summed E-state index contributed by atoms with van der Waals surface area (Å²) in [7, 11) is 0. The first kappa shape index (κ1) is 12.0. The summed E-state index contributed by atoms with van der Waals surface area (Å²) in [5, 5.41) is 5.95. The summed E-state index contributed by atoms with van der Waals surface area (Å²) in [5.74, 6) is 1.84. The standard InChI is InChI=1S/C15H17BrN2/c16-14-7-3-6-13-12(14)8-9-17-15(13)18-10-11-4-1-2-5-11/h3,6-9,11H,1-2,4-5,10H2,(H,17,18). The highest BCUT2D eigenvalue weighted by Crippen LogP contribution is 2.29. The molecule has 2 nitrogen and oxygen atoms in total. The predicted molar refractivity (Wildman–Crippen MR) is 79.9 cm³/mol. The highest BCUT2D eigenvalue weighted by Gasteiger charge is 2.15. The number of nitrogens with zero attached hydrogens (tertiary/aromatic N) is 1. The van der Waals surface area contributed by atoms with Gasteiger partial charge in [-0.2, -0.15) is 0 Å². The molecule has 18 heavy (non-hydrogen) atoms. The van der Waals surface area contributed by atoms with Crippen molar-refractivity contribution in [3.8, 4) is 0 Å². The molecule has 2 aromatic rings. The Morgan fingerprint density at radius 2 is 2.00 bits per heavy atom. The molecule has 0 spiro atoms. The van der Waals surface area contributed by atoms with Crippen molar-refractivity contribution in [3.63, 3.8) is 0 Å². The number of anilines is 1. The molecule has 0 amide bonds. The third-order valence-corrected chi connectivity index (χ3v) is 4.48. The lowest BCUT2D eigenvalue weighted by molar-refractivity contribution is 0.579. The first-order valence-corrected chi connectivity index (χ1v) is 7.41. The monoisotopic (exact) mass is 304 g/mol. The first-order chi connectivity index (χ1) is 8.84. The number of rotatable bonds is 3. The topological polar surface area (TPSA) is 24.9 Å². The Labute approximate surface area is 116 Å². The van der Waals surface area contributed by atoms with E-state index in [0.29, 0.717) is 0 Å². The fraction of sp³-hybridized carbons (Fsp3) is 0.400. The highest BCUT2D eigenvalue weighted by molar-refractivity contribution is 9.10. The van der Waals surface area contributed by atoms with Crippen LogP contribution in [-0.2, 0) is 0 Å². The van der Waals surface area contributed by atoms with Gasteiger partial charge in [0.2, 0.25) is 0 Å². The Hall–Kier alpha value is -1.09. The average molecular weight is 305 g/mol. The van der Waals surface area contributed by atoms with Gasteiger partial charge in [-0.05, 0) is 30.9 Å². The van der Waals surface area contributed by atoms with E-state index < -0.39 is 0 Å². The highest BCUT2D eigenvalue weighted by atomic mass is 79.9. The van der Waals surface area contributed by atoms with E-state index in [1.54, 1.807) is 0 Å². The number of halogens is 1. The fourth-order valence-corrected chi connectivity index (χ4v) is 3.26. The molecule has 3 rings (SSSR count). The summed E-state index contributed by atoms with van der Waals surface area (Å²) in [5.41, 5.74) is 0. The number of fused-ring (bicyclic) bond motifs is 1. The van der Waals surface area contributed by atoms with Crippen molar-refractivity contribution < 1.29 is 0 Å². The third-order valence-electron chi connectivity index (χ3n) is 3.79. The van der Waals surface area contributed by atoms with Crippen LogP contribution < -0.4 is 5.32 Å². The van der Waals surface area contributed by atoms with Crippen LogP contribution >= 0.6 is 15.9 Å². The van der Waals surface area contributed by atoms with Crippen molar-refractivity contribution in [1.82, 2.24) is 4.98 Å². The smallest absolute Gasteiger partial charge is 0.133 e. The Morgan fingerprint density at radius 1 is 1.17 bits per heavy atom. The normalized spacial score (nSPS) is 16.3. The molecule has 0 bridgehead atoms. The fourth-order valence-electron chi connectivity index (χ4n) is 2.77. The van der Waals surface area contributed by atoms with Gasteiger partial charge in [0.1, 0.15) is 5.82 Å². The van der Waals surface area contributed by atoms with Crippen molar-refractivity contribution in [2.45, 2.75) is 25.7 Å². The molecule has 94 valence electrons. The second-order valence-corrected chi connectivity index (χ2v) is 5.88. The number of hydrogen-bond acceptors (Lipinski definition) is 2. The van der Waals surface area contributed by atoms with Crippen LogP contribution in [0.4, 0.5) is 5.82 Å². The molecule has 3 heteroatoms. The number of pyridine rings is 1. The van der Waals surface area contributed by atoms with Gasteiger partial charge in [0.05, 0.1) is 0 Å². The van der Waals surface area contributed by atoms with Crippen LogP contribution in [0.15, 0.2) is 34.9 Å². The number of aromatic nitrogens is 1. The van der Waals surface area contributed by atoms with E-state index in [2.05, 4.69) is 50.5 Å². The van der Waals surface area contributed by atoms with Crippen LogP contribution in [0.3, 0.4) is 0 Å². The second-order valence-electron chi connectivity index (χ2n) is 5.03. The summed E-state index contributed by atoms with van der Waals surface area (Å²) in [4.78, 5) is 4.48. The quantitative estimate of drug-likeness (QED) is 0.896. The summed E-state index contributed by atoms with van der Waals surface area (Å²) < 4.78 is 1.13. The van der Waals surface area contributed by atoms with E-state index >= 15 is 0 Å². The molecule has 0 saturated heterocycles. The van der Waals surface area contributed by atoms with Crippen LogP contribution in [0.25, 0.3) is 10.8 Å². The SMILES string of the molecule is Brc1cccc2c(NCC3CCCC3)nccc12. The Balaban J connectivity index is 1.85. The summed E-state index contributed by atoms with van der Waals surface area (Å²) in [6.07, 6.45) is 7.38. The van der Waals surface area contributed by atoms with Crippen LogP contribution in [-0.4, -0.2) is 11.5 Å². The Morgan fingerprint density at radius 3 is 2.83 bits per heavy atom. The van der Waals surface area contributed by atoms with Gasteiger partial charge in [-0.1, -0.05) is 40.9 Å². The van der Waals surface area contributed by atoms with Crippen molar-refractivity contribution in [2.24, 2.45) is 5.92 Å². The van der Waals surface area contributed by atoms with Gasteiger partial charge in [0, 0.05) is 28.0 Å². The van der Waals surface area contributed by atoms with Crippen molar-refractivity contribution in [1.29, 1.82) is 0 Å². The molecule has 1 aromatic carbocycles. The summed E-state index contributed by atoms with van der Waals surface area (Å²) >= 11 is 3.59. The van der Waals surface area contributed by atoms with Gasteiger partial charge < -0.3 is 5.32 Å². The van der Waals surface area contributed by atoms with Crippen molar-refractivity contribution in [3.05, 3.63) is 34.9 Å². The van der Waals surface area contributed by atoms with E-state index in [1.807, 2.05) is 6.20 Å². The summed E-state index contributed by atoms with van der Waals surface area (Å²) in [6, 6.07) is 8.32. The van der Waals surface area contributed by atoms with E-state index in [-0.39, 0.29) is 0 Å². The number of nitrogens with one attached hydrogen (secondary N) is 1. The summed E-state index contributed by atoms with van der Waals surface area (Å²) in [6.45, 7) is 1.05. The second kappa shape index (κ2) is 5.27. The largest absolute Gasteiger partial charge is 0.369 e. The van der Waals surface area contributed by atoms with Crippen LogP contribution in [0.2, 0.25) is 0 Å². The minimum Gasteiger partial charge on any atom is -0.369 e. The van der Waals surface area contributed by atoms with Crippen LogP contribution in [0, 0.1) is 5.92 Å². The molecule has 1 saturated carbocycles. The van der Waals surface area contributed by atoms with E-state index in [4.69, 9.17) is 0 Å². The molecule has 1 heterocycles. The molecule has 1 aromatic heterocycles. The maximum Gasteiger partial charge on any atom is 0.133 e. The number of hydrogen-bond donors (Lipinski definition) is 1. The van der Waals surface area contributed by atoms with Crippen molar-refractivity contribution >= 4 is 32.5 Å². The Bertz CT molecular complexity index is 547. The van der Waals surface area contributed by atoms with Gasteiger partial charge in [0.25, 0.3) is 0 Å². The minimum atomic E-state index is 0.828. The third kappa shape index (κ3) is 2.37. The van der Waals surface area contributed by atoms with E-state index in [1.165, 1.54) is 36.5 Å². The lowest BCUT2D eigenvalue weighted by Gasteiger charge is -2.13. The molecule has 1 N–H and O–H groups in total. The van der Waals surface area contributed by atoms with Crippen LogP contribution in [0.1, 0.15) is 25.7 Å². The zero-order valence-electron chi connectivity index (χ0n) is 10.3. The van der Waals surface area contributed by atoms with E-state index in [9.17, 15) is 0 Å². The zero-order valence-corrected chi connectivity index (χ0v) is 11.9. The molecular weight excluding hydrogens is 288 g/mol. The lowest BCUT2D eigenvalue weighted by atomic mass is 10.1. The van der Waals surface area contributed by atoms with Gasteiger partial charge in [-0.25, -0.2) is 4.98 Å². The molecular formula is C15H17BrN2. The molecule has 0 radical (unpaired) electrons. The molecule has 0 aliphatic heterocycles. The molecule has 1 aliphatic carbocycles. The van der Waals surface area contributed by atoms with Gasteiger partial charge >= 0.3 is 0 Å². The van der Waals surface area contributed by atoms with Crippen molar-refractivity contribution in [2.75, 3.05) is 11.9 Å². The predicted octanol–water partition coefficient (Wildman–Crippen LogP) is 4.60. The van der Waals surface area contributed by atoms with E-state index in [0.717, 1.165) is 22.8 Å². The van der Waals surface area contributed by atoms with Gasteiger partial charge in [-0.3, -0.25) is 0 Å². The van der Waals surface area contributed by atoms with Gasteiger partial charge in [0.15, 0.2) is 0 Å². The molecule has 0 unspecified atom stereocenters. The number of benzene rings is 1. The molecule has 1 fully saturated rings. The average Bonchev–Trinajstić information content (AvgIpc) is 2.90. The molecule has 1 aliphatic rings. The maximum atomic E-state index is 4.48. The molecule has 0 atom stereocenters. The van der Waals surface area contributed by atoms with Gasteiger partial charge in [-0.15, -0.1) is 0 Å².